The van der Waals surface area contributed by atoms with Gasteiger partial charge in [0.25, 0.3) is 5.91 Å². The number of unbranched alkanes of at least 4 members (excludes halogenated alkanes) is 1. The standard InChI is InChI=1S/C27H38N2O3/c1-7-8-16-28-26(31)21(3)29(18-22-11-9-10-20(2)17-22)25(30)19-32-24-14-12-23(13-15-24)27(4,5)6/h9-15,17,21H,7-8,16,18-19H2,1-6H3,(H,28,31)/t21-/m1/s1. The van der Waals surface area contributed by atoms with E-state index in [0.29, 0.717) is 18.8 Å². The second-order valence-corrected chi connectivity index (χ2v) is 9.39. The molecule has 0 fully saturated rings. The molecule has 0 aliphatic rings. The van der Waals surface area contributed by atoms with E-state index < -0.39 is 6.04 Å². The Morgan fingerprint density at radius 3 is 2.38 bits per heavy atom. The monoisotopic (exact) mass is 438 g/mol. The molecule has 0 saturated heterocycles. The van der Waals surface area contributed by atoms with Gasteiger partial charge in [0.2, 0.25) is 5.91 Å². The largest absolute Gasteiger partial charge is 0.484 e. The Morgan fingerprint density at radius 1 is 1.09 bits per heavy atom. The van der Waals surface area contributed by atoms with Crippen molar-refractivity contribution in [3.8, 4) is 5.75 Å². The summed E-state index contributed by atoms with van der Waals surface area (Å²) in [5.74, 6) is 0.278. The molecule has 1 atom stereocenters. The number of carbonyl (C=O) groups excluding carboxylic acids is 2. The molecule has 0 unspecified atom stereocenters. The fourth-order valence-corrected chi connectivity index (χ4v) is 3.41. The predicted molar refractivity (Wildman–Crippen MR) is 130 cm³/mol. The van der Waals surface area contributed by atoms with Crippen molar-refractivity contribution in [3.63, 3.8) is 0 Å². The first-order valence-corrected chi connectivity index (χ1v) is 11.5. The lowest BCUT2D eigenvalue weighted by Crippen LogP contribution is -2.49. The Morgan fingerprint density at radius 2 is 1.78 bits per heavy atom. The van der Waals surface area contributed by atoms with Crippen LogP contribution in [0.1, 0.15) is 64.2 Å². The third-order valence-electron chi connectivity index (χ3n) is 5.51. The molecule has 0 aromatic heterocycles. The van der Waals surface area contributed by atoms with Crippen LogP contribution in [0.25, 0.3) is 0 Å². The summed E-state index contributed by atoms with van der Waals surface area (Å²) in [6, 6.07) is 15.2. The number of hydrogen-bond donors (Lipinski definition) is 1. The molecule has 2 aromatic carbocycles. The van der Waals surface area contributed by atoms with Crippen LogP contribution in [0.15, 0.2) is 48.5 Å². The maximum atomic E-state index is 13.1. The number of amides is 2. The summed E-state index contributed by atoms with van der Waals surface area (Å²) in [7, 11) is 0. The van der Waals surface area contributed by atoms with Crippen LogP contribution < -0.4 is 10.1 Å². The first kappa shape index (κ1) is 25.4. The number of nitrogens with zero attached hydrogens (tertiary/aromatic N) is 1. The highest BCUT2D eigenvalue weighted by Crippen LogP contribution is 2.24. The van der Waals surface area contributed by atoms with Crippen LogP contribution in [0, 0.1) is 6.92 Å². The fraction of sp³-hybridized carbons (Fsp3) is 0.481. The summed E-state index contributed by atoms with van der Waals surface area (Å²) in [5.41, 5.74) is 3.36. The van der Waals surface area contributed by atoms with Gasteiger partial charge < -0.3 is 15.0 Å². The van der Waals surface area contributed by atoms with E-state index in [1.54, 1.807) is 11.8 Å². The first-order valence-electron chi connectivity index (χ1n) is 11.5. The molecule has 0 spiro atoms. The third-order valence-corrected chi connectivity index (χ3v) is 5.51. The Hall–Kier alpha value is -2.82. The Bertz CT molecular complexity index is 885. The van der Waals surface area contributed by atoms with Crippen LogP contribution in [0.4, 0.5) is 0 Å². The van der Waals surface area contributed by atoms with Gasteiger partial charge >= 0.3 is 0 Å². The third kappa shape index (κ3) is 7.70. The van der Waals surface area contributed by atoms with Gasteiger partial charge in [-0.1, -0.05) is 76.1 Å². The molecule has 0 aliphatic heterocycles. The number of benzene rings is 2. The summed E-state index contributed by atoms with van der Waals surface area (Å²) < 4.78 is 5.78. The van der Waals surface area contributed by atoms with E-state index in [1.165, 1.54) is 5.56 Å². The molecular formula is C27H38N2O3. The average Bonchev–Trinajstić information content (AvgIpc) is 2.75. The van der Waals surface area contributed by atoms with Crippen molar-refractivity contribution in [2.75, 3.05) is 13.2 Å². The van der Waals surface area contributed by atoms with Crippen molar-refractivity contribution in [1.82, 2.24) is 10.2 Å². The highest BCUT2D eigenvalue weighted by molar-refractivity contribution is 5.87. The Balaban J connectivity index is 2.11. The molecule has 2 rings (SSSR count). The lowest BCUT2D eigenvalue weighted by molar-refractivity contribution is -0.142. The number of rotatable bonds is 10. The maximum Gasteiger partial charge on any atom is 0.261 e. The van der Waals surface area contributed by atoms with Crippen molar-refractivity contribution < 1.29 is 14.3 Å². The molecule has 0 heterocycles. The topological polar surface area (TPSA) is 58.6 Å². The van der Waals surface area contributed by atoms with Gasteiger partial charge in [0, 0.05) is 13.1 Å². The number of hydrogen-bond acceptors (Lipinski definition) is 3. The van der Waals surface area contributed by atoms with Crippen molar-refractivity contribution >= 4 is 11.8 Å². The zero-order chi connectivity index (χ0) is 23.7. The van der Waals surface area contributed by atoms with E-state index >= 15 is 0 Å². The molecule has 0 radical (unpaired) electrons. The van der Waals surface area contributed by atoms with Crippen molar-refractivity contribution in [2.24, 2.45) is 0 Å². The molecule has 0 aliphatic carbocycles. The van der Waals surface area contributed by atoms with Crippen LogP contribution in [-0.4, -0.2) is 35.9 Å². The van der Waals surface area contributed by atoms with Crippen molar-refractivity contribution in [2.45, 2.75) is 72.4 Å². The first-order chi connectivity index (χ1) is 15.1. The van der Waals surface area contributed by atoms with Crippen molar-refractivity contribution in [3.05, 3.63) is 65.2 Å². The molecule has 32 heavy (non-hydrogen) atoms. The Labute approximate surface area is 193 Å². The molecule has 1 N–H and O–H groups in total. The zero-order valence-corrected chi connectivity index (χ0v) is 20.4. The second-order valence-electron chi connectivity index (χ2n) is 9.39. The molecule has 2 amide bonds. The normalized spacial score (nSPS) is 12.2. The molecule has 0 bridgehead atoms. The molecule has 2 aromatic rings. The highest BCUT2D eigenvalue weighted by atomic mass is 16.5. The summed E-state index contributed by atoms with van der Waals surface area (Å²) >= 11 is 0. The van der Waals surface area contributed by atoms with Gasteiger partial charge in [-0.3, -0.25) is 9.59 Å². The van der Waals surface area contributed by atoms with Crippen LogP contribution in [0.5, 0.6) is 5.75 Å². The van der Waals surface area contributed by atoms with Crippen LogP contribution in [-0.2, 0) is 21.5 Å². The van der Waals surface area contributed by atoms with Gasteiger partial charge in [-0.2, -0.15) is 0 Å². The number of ether oxygens (including phenoxy) is 1. The summed E-state index contributed by atoms with van der Waals surface area (Å²) in [4.78, 5) is 27.4. The van der Waals surface area contributed by atoms with Gasteiger partial charge in [0.1, 0.15) is 11.8 Å². The summed E-state index contributed by atoms with van der Waals surface area (Å²) in [5, 5.41) is 2.94. The van der Waals surface area contributed by atoms with Crippen LogP contribution >= 0.6 is 0 Å². The zero-order valence-electron chi connectivity index (χ0n) is 20.4. The van der Waals surface area contributed by atoms with E-state index in [-0.39, 0.29) is 23.8 Å². The lowest BCUT2D eigenvalue weighted by atomic mass is 9.87. The average molecular weight is 439 g/mol. The highest BCUT2D eigenvalue weighted by Gasteiger charge is 2.26. The molecule has 5 nitrogen and oxygen atoms in total. The Kier molecular flexibility index (Phi) is 9.30. The molecular weight excluding hydrogens is 400 g/mol. The number of aryl methyl sites for hydroxylation is 1. The van der Waals surface area contributed by atoms with Gasteiger partial charge in [0.05, 0.1) is 0 Å². The van der Waals surface area contributed by atoms with Crippen LogP contribution in [0.3, 0.4) is 0 Å². The molecule has 0 saturated carbocycles. The van der Waals surface area contributed by atoms with Gasteiger partial charge in [-0.05, 0) is 48.9 Å². The van der Waals surface area contributed by atoms with Crippen molar-refractivity contribution in [1.29, 1.82) is 0 Å². The van der Waals surface area contributed by atoms with Crippen LogP contribution in [0.2, 0.25) is 0 Å². The van der Waals surface area contributed by atoms with Gasteiger partial charge in [-0.25, -0.2) is 0 Å². The van der Waals surface area contributed by atoms with E-state index in [0.717, 1.165) is 24.0 Å². The quantitative estimate of drug-likeness (QED) is 0.531. The smallest absolute Gasteiger partial charge is 0.261 e. The van der Waals surface area contributed by atoms with E-state index in [4.69, 9.17) is 4.74 Å². The second kappa shape index (κ2) is 11.7. The van der Waals surface area contributed by atoms with E-state index in [9.17, 15) is 9.59 Å². The predicted octanol–water partition coefficient (Wildman–Crippen LogP) is 5.00. The minimum absolute atomic E-state index is 0.0551. The molecule has 174 valence electrons. The molecule has 5 heteroatoms. The minimum Gasteiger partial charge on any atom is -0.484 e. The number of nitrogens with one attached hydrogen (secondary N) is 1. The minimum atomic E-state index is -0.591. The fourth-order valence-electron chi connectivity index (χ4n) is 3.41. The maximum absolute atomic E-state index is 13.1. The lowest BCUT2D eigenvalue weighted by Gasteiger charge is -2.29. The van der Waals surface area contributed by atoms with E-state index in [2.05, 4.69) is 33.0 Å². The van der Waals surface area contributed by atoms with Gasteiger partial charge in [-0.15, -0.1) is 0 Å². The number of carbonyl (C=O) groups is 2. The summed E-state index contributed by atoms with van der Waals surface area (Å²) in [6.45, 7) is 13.2. The SMILES string of the molecule is CCCCNC(=O)[C@@H](C)N(Cc1cccc(C)c1)C(=O)COc1ccc(C(C)(C)C)cc1. The van der Waals surface area contributed by atoms with Gasteiger partial charge in [0.15, 0.2) is 6.61 Å². The van der Waals surface area contributed by atoms with E-state index in [1.807, 2.05) is 55.5 Å². The summed E-state index contributed by atoms with van der Waals surface area (Å²) in [6.07, 6.45) is 1.92.